The van der Waals surface area contributed by atoms with Crippen molar-refractivity contribution in [1.29, 1.82) is 0 Å². The summed E-state index contributed by atoms with van der Waals surface area (Å²) in [4.78, 5) is 0. The lowest BCUT2D eigenvalue weighted by atomic mass is 10.1. The Labute approximate surface area is 103 Å². The molecule has 0 amide bonds. The first-order valence-electron chi connectivity index (χ1n) is 6.50. The molecule has 1 unspecified atom stereocenters. The molecule has 94 valence electrons. The molecule has 1 atom stereocenters. The Morgan fingerprint density at radius 3 is 2.82 bits per heavy atom. The molecule has 1 aromatic rings. The van der Waals surface area contributed by atoms with Gasteiger partial charge in [0.25, 0.3) is 0 Å². The van der Waals surface area contributed by atoms with Crippen LogP contribution in [0.2, 0.25) is 0 Å². The van der Waals surface area contributed by atoms with Gasteiger partial charge in [-0.05, 0) is 31.2 Å². The van der Waals surface area contributed by atoms with E-state index in [1.165, 1.54) is 0 Å². The molecule has 0 saturated carbocycles. The topological polar surface area (TPSA) is 34.4 Å². The lowest BCUT2D eigenvalue weighted by molar-refractivity contribution is 0.206. The fourth-order valence-electron chi connectivity index (χ4n) is 2.01. The Kier molecular flexibility index (Phi) is 4.26. The zero-order valence-electron chi connectivity index (χ0n) is 10.7. The minimum Gasteiger partial charge on any atom is -0.496 e. The van der Waals surface area contributed by atoms with Gasteiger partial charge in [0.05, 0.1) is 6.61 Å². The van der Waals surface area contributed by atoms with Crippen LogP contribution in [0, 0.1) is 0 Å². The maximum absolute atomic E-state index is 5.82. The van der Waals surface area contributed by atoms with Crippen molar-refractivity contribution in [3.8, 4) is 0 Å². The minimum absolute atomic E-state index is 0.0812. The predicted molar refractivity (Wildman–Crippen MR) is 67.8 cm³/mol. The molecule has 0 radical (unpaired) electrons. The molecule has 0 fully saturated rings. The highest BCUT2D eigenvalue weighted by Crippen LogP contribution is 2.28. The Morgan fingerprint density at radius 2 is 2.24 bits per heavy atom. The van der Waals surface area contributed by atoms with Crippen molar-refractivity contribution in [1.82, 2.24) is 5.32 Å². The number of ether oxygens (including phenoxy) is 1. The van der Waals surface area contributed by atoms with Crippen LogP contribution in [0.25, 0.3) is 0 Å². The van der Waals surface area contributed by atoms with E-state index in [-0.39, 0.29) is 6.04 Å². The van der Waals surface area contributed by atoms with E-state index in [0.29, 0.717) is 0 Å². The second-order valence-electron chi connectivity index (χ2n) is 4.29. The van der Waals surface area contributed by atoms with Gasteiger partial charge in [-0.3, -0.25) is 0 Å². The third-order valence-electron chi connectivity index (χ3n) is 2.93. The molecule has 17 heavy (non-hydrogen) atoms. The minimum atomic E-state index is 0.0812. The van der Waals surface area contributed by atoms with Gasteiger partial charge in [-0.1, -0.05) is 13.8 Å². The Balaban J connectivity index is 2.13. The van der Waals surface area contributed by atoms with E-state index in [9.17, 15) is 0 Å². The van der Waals surface area contributed by atoms with Crippen molar-refractivity contribution < 1.29 is 9.15 Å². The monoisotopic (exact) mass is 235 g/mol. The van der Waals surface area contributed by atoms with E-state index in [1.54, 1.807) is 0 Å². The van der Waals surface area contributed by atoms with Crippen LogP contribution in [0.3, 0.4) is 0 Å². The van der Waals surface area contributed by atoms with Crippen molar-refractivity contribution in [2.24, 2.45) is 0 Å². The van der Waals surface area contributed by atoms with Gasteiger partial charge in [0, 0.05) is 12.8 Å². The van der Waals surface area contributed by atoms with E-state index < -0.39 is 0 Å². The first kappa shape index (κ1) is 12.2. The quantitative estimate of drug-likeness (QED) is 0.822. The normalized spacial score (nSPS) is 16.7. The van der Waals surface area contributed by atoms with Gasteiger partial charge in [-0.25, -0.2) is 0 Å². The van der Waals surface area contributed by atoms with E-state index in [2.05, 4.69) is 31.3 Å². The molecule has 2 rings (SSSR count). The standard InChI is InChI=1S/C14H21NO2/c1-3-9-15-14(12-6-5-10-16-12)13-8-7-11(4-2)17-13/h6-8,14-15H,3-5,9-10H2,1-2H3. The second kappa shape index (κ2) is 5.92. The predicted octanol–water partition coefficient (Wildman–Crippen LogP) is 3.19. The second-order valence-corrected chi connectivity index (χ2v) is 4.29. The maximum atomic E-state index is 5.82. The Morgan fingerprint density at radius 1 is 1.35 bits per heavy atom. The smallest absolute Gasteiger partial charge is 0.128 e. The molecule has 0 bridgehead atoms. The number of furan rings is 1. The molecule has 1 N–H and O–H groups in total. The van der Waals surface area contributed by atoms with Crippen LogP contribution in [0.15, 0.2) is 28.4 Å². The van der Waals surface area contributed by atoms with Crippen molar-refractivity contribution in [3.05, 3.63) is 35.5 Å². The number of hydrogen-bond donors (Lipinski definition) is 1. The molecule has 3 heteroatoms. The highest BCUT2D eigenvalue weighted by atomic mass is 16.5. The lowest BCUT2D eigenvalue weighted by Crippen LogP contribution is -2.23. The van der Waals surface area contributed by atoms with Crippen molar-refractivity contribution in [2.75, 3.05) is 13.2 Å². The van der Waals surface area contributed by atoms with Crippen molar-refractivity contribution in [3.63, 3.8) is 0 Å². The van der Waals surface area contributed by atoms with Crippen LogP contribution < -0.4 is 5.32 Å². The van der Waals surface area contributed by atoms with Crippen LogP contribution in [-0.2, 0) is 11.2 Å². The van der Waals surface area contributed by atoms with Crippen LogP contribution in [0.5, 0.6) is 0 Å². The summed E-state index contributed by atoms with van der Waals surface area (Å²) in [6, 6.07) is 4.18. The summed E-state index contributed by atoms with van der Waals surface area (Å²) in [6.07, 6.45) is 5.19. The molecule has 1 aliphatic heterocycles. The van der Waals surface area contributed by atoms with Gasteiger partial charge in [0.2, 0.25) is 0 Å². The third-order valence-corrected chi connectivity index (χ3v) is 2.93. The van der Waals surface area contributed by atoms with Crippen LogP contribution in [0.1, 0.15) is 44.3 Å². The van der Waals surface area contributed by atoms with E-state index >= 15 is 0 Å². The van der Waals surface area contributed by atoms with Crippen molar-refractivity contribution in [2.45, 2.75) is 39.2 Å². The molecular weight excluding hydrogens is 214 g/mol. The highest BCUT2D eigenvalue weighted by Gasteiger charge is 2.23. The largest absolute Gasteiger partial charge is 0.496 e. The molecule has 1 aliphatic rings. The molecule has 0 aliphatic carbocycles. The van der Waals surface area contributed by atoms with Crippen LogP contribution in [-0.4, -0.2) is 13.2 Å². The van der Waals surface area contributed by atoms with Gasteiger partial charge in [0.1, 0.15) is 23.3 Å². The van der Waals surface area contributed by atoms with Gasteiger partial charge in [0.15, 0.2) is 0 Å². The molecule has 0 spiro atoms. The number of nitrogens with one attached hydrogen (secondary N) is 1. The van der Waals surface area contributed by atoms with Gasteiger partial charge in [-0.2, -0.15) is 0 Å². The first-order chi connectivity index (χ1) is 8.35. The summed E-state index contributed by atoms with van der Waals surface area (Å²) in [7, 11) is 0. The summed E-state index contributed by atoms with van der Waals surface area (Å²) >= 11 is 0. The van der Waals surface area contributed by atoms with Gasteiger partial charge < -0.3 is 14.5 Å². The van der Waals surface area contributed by atoms with Crippen LogP contribution >= 0.6 is 0 Å². The molecule has 3 nitrogen and oxygen atoms in total. The third kappa shape index (κ3) is 2.91. The molecule has 1 aromatic heterocycles. The molecule has 0 saturated heterocycles. The van der Waals surface area contributed by atoms with Gasteiger partial charge >= 0.3 is 0 Å². The summed E-state index contributed by atoms with van der Waals surface area (Å²) in [6.45, 7) is 6.02. The van der Waals surface area contributed by atoms with E-state index in [0.717, 1.165) is 49.7 Å². The van der Waals surface area contributed by atoms with E-state index in [4.69, 9.17) is 9.15 Å². The molecular formula is C14H21NO2. The number of aryl methyl sites for hydroxylation is 1. The lowest BCUT2D eigenvalue weighted by Gasteiger charge is -2.17. The average molecular weight is 235 g/mol. The van der Waals surface area contributed by atoms with Crippen molar-refractivity contribution >= 4 is 0 Å². The summed E-state index contributed by atoms with van der Waals surface area (Å²) in [5.74, 6) is 3.00. The average Bonchev–Trinajstić information content (AvgIpc) is 3.00. The maximum Gasteiger partial charge on any atom is 0.128 e. The fraction of sp³-hybridized carbons (Fsp3) is 0.571. The number of hydrogen-bond acceptors (Lipinski definition) is 3. The Bertz CT molecular complexity index is 381. The van der Waals surface area contributed by atoms with Crippen LogP contribution in [0.4, 0.5) is 0 Å². The SMILES string of the molecule is CCCNC(C1=CCCO1)c1ccc(CC)o1. The van der Waals surface area contributed by atoms with Gasteiger partial charge in [-0.15, -0.1) is 0 Å². The first-order valence-corrected chi connectivity index (χ1v) is 6.50. The molecule has 0 aromatic carbocycles. The number of rotatable bonds is 6. The summed E-state index contributed by atoms with van der Waals surface area (Å²) < 4.78 is 11.5. The van der Waals surface area contributed by atoms with E-state index in [1.807, 2.05) is 6.07 Å². The fourth-order valence-corrected chi connectivity index (χ4v) is 2.01. The summed E-state index contributed by atoms with van der Waals surface area (Å²) in [5.41, 5.74) is 0. The summed E-state index contributed by atoms with van der Waals surface area (Å²) in [5, 5.41) is 3.48. The zero-order chi connectivity index (χ0) is 12.1. The Hall–Kier alpha value is -1.22. The molecule has 2 heterocycles. The zero-order valence-corrected chi connectivity index (χ0v) is 10.7. The highest BCUT2D eigenvalue weighted by molar-refractivity contribution is 5.20.